The molecule has 2 N–H and O–H groups in total. The van der Waals surface area contributed by atoms with E-state index in [1.54, 1.807) is 6.07 Å². The maximum Gasteiger partial charge on any atom is 0.344 e. The third kappa shape index (κ3) is 7.06. The Kier molecular flexibility index (Phi) is 8.64. The third-order valence-corrected chi connectivity index (χ3v) is 4.77. The van der Waals surface area contributed by atoms with Crippen molar-refractivity contribution < 1.29 is 33.4 Å². The van der Waals surface area contributed by atoms with Crippen LogP contribution in [0.5, 0.6) is 11.5 Å². The highest BCUT2D eigenvalue weighted by Gasteiger charge is 2.22. The van der Waals surface area contributed by atoms with Crippen LogP contribution in [0.2, 0.25) is 0 Å². The van der Waals surface area contributed by atoms with E-state index in [2.05, 4.69) is 10.6 Å². The zero-order valence-corrected chi connectivity index (χ0v) is 17.5. The molecule has 3 amide bonds. The lowest BCUT2D eigenvalue weighted by atomic mass is 9.96. The van der Waals surface area contributed by atoms with Gasteiger partial charge in [-0.05, 0) is 44.9 Å². The molecular formula is C21H28N2O7. The maximum absolute atomic E-state index is 12.1. The van der Waals surface area contributed by atoms with Crippen LogP contribution in [0, 0.1) is 0 Å². The molecule has 0 aromatic heterocycles. The van der Waals surface area contributed by atoms with Crippen LogP contribution in [0.1, 0.15) is 56.3 Å². The van der Waals surface area contributed by atoms with Crippen molar-refractivity contribution in [3.05, 3.63) is 23.8 Å². The van der Waals surface area contributed by atoms with E-state index < -0.39 is 30.6 Å². The number of rotatable bonds is 8. The van der Waals surface area contributed by atoms with E-state index in [-0.39, 0.29) is 17.6 Å². The first kappa shape index (κ1) is 23.2. The summed E-state index contributed by atoms with van der Waals surface area (Å²) in [5.74, 6) is -1.10. The van der Waals surface area contributed by atoms with E-state index in [0.717, 1.165) is 32.1 Å². The van der Waals surface area contributed by atoms with E-state index >= 15 is 0 Å². The highest BCUT2D eigenvalue weighted by atomic mass is 16.6. The Morgan fingerprint density at radius 2 is 1.80 bits per heavy atom. The van der Waals surface area contributed by atoms with Crippen LogP contribution < -0.4 is 20.1 Å². The first-order valence-electron chi connectivity index (χ1n) is 9.92. The van der Waals surface area contributed by atoms with Gasteiger partial charge in [0.25, 0.3) is 5.91 Å². The minimum atomic E-state index is -1.17. The molecule has 164 valence electrons. The van der Waals surface area contributed by atoms with Gasteiger partial charge in [-0.15, -0.1) is 0 Å². The highest BCUT2D eigenvalue weighted by molar-refractivity contribution is 5.97. The van der Waals surface area contributed by atoms with Crippen molar-refractivity contribution in [1.29, 1.82) is 0 Å². The molecule has 0 saturated heterocycles. The van der Waals surface area contributed by atoms with Gasteiger partial charge in [0.1, 0.15) is 0 Å². The SMILES string of the molecule is COc1cc(C(C)=O)ccc1OCC(=O)O[C@H](C)C(=O)NC(=O)NC1CCCCC1. The first-order valence-corrected chi connectivity index (χ1v) is 9.92. The number of imide groups is 1. The number of ether oxygens (including phenoxy) is 3. The standard InChI is InChI=1S/C21H28N2O7/c1-13(24)15-9-10-17(18(11-15)28-3)29-12-19(25)30-14(2)20(26)23-21(27)22-16-7-5-4-6-8-16/h9-11,14,16H,4-8,12H2,1-3H3,(H2,22,23,26,27)/t14-/m1/s1. The summed E-state index contributed by atoms with van der Waals surface area (Å²) in [7, 11) is 1.41. The van der Waals surface area contributed by atoms with Gasteiger partial charge in [-0.25, -0.2) is 9.59 Å². The Balaban J connectivity index is 1.79. The number of ketones is 1. The van der Waals surface area contributed by atoms with E-state index in [0.29, 0.717) is 11.3 Å². The quantitative estimate of drug-likeness (QED) is 0.489. The molecule has 1 atom stereocenters. The summed E-state index contributed by atoms with van der Waals surface area (Å²) < 4.78 is 15.5. The molecule has 9 nitrogen and oxygen atoms in total. The summed E-state index contributed by atoms with van der Waals surface area (Å²) in [6, 6.07) is 4.02. The first-order chi connectivity index (χ1) is 14.3. The van der Waals surface area contributed by atoms with Gasteiger partial charge in [-0.2, -0.15) is 0 Å². The molecule has 1 aromatic rings. The Hall–Kier alpha value is -3.10. The summed E-state index contributed by atoms with van der Waals surface area (Å²) in [4.78, 5) is 47.4. The van der Waals surface area contributed by atoms with E-state index in [9.17, 15) is 19.2 Å². The molecule has 0 spiro atoms. The fraction of sp³-hybridized carbons (Fsp3) is 0.524. The Morgan fingerprint density at radius 1 is 1.10 bits per heavy atom. The summed E-state index contributed by atoms with van der Waals surface area (Å²) >= 11 is 0. The average molecular weight is 420 g/mol. The molecule has 0 unspecified atom stereocenters. The van der Waals surface area contributed by atoms with Crippen molar-refractivity contribution in [1.82, 2.24) is 10.6 Å². The number of nitrogens with one attached hydrogen (secondary N) is 2. The van der Waals surface area contributed by atoms with Crippen molar-refractivity contribution in [2.24, 2.45) is 0 Å². The lowest BCUT2D eigenvalue weighted by Gasteiger charge is -2.23. The summed E-state index contributed by atoms with van der Waals surface area (Å²) in [6.07, 6.45) is 3.87. The number of carbonyl (C=O) groups is 4. The van der Waals surface area contributed by atoms with Crippen LogP contribution >= 0.6 is 0 Å². The number of hydrogen-bond donors (Lipinski definition) is 2. The molecule has 1 aliphatic rings. The van der Waals surface area contributed by atoms with Crippen LogP contribution in [-0.2, 0) is 14.3 Å². The van der Waals surface area contributed by atoms with Crippen LogP contribution in [0.4, 0.5) is 4.79 Å². The van der Waals surface area contributed by atoms with Gasteiger partial charge in [-0.3, -0.25) is 14.9 Å². The van der Waals surface area contributed by atoms with E-state index in [4.69, 9.17) is 14.2 Å². The largest absolute Gasteiger partial charge is 0.493 e. The van der Waals surface area contributed by atoms with Crippen molar-refractivity contribution in [3.8, 4) is 11.5 Å². The average Bonchev–Trinajstić information content (AvgIpc) is 2.72. The zero-order chi connectivity index (χ0) is 22.1. The Morgan fingerprint density at radius 3 is 2.43 bits per heavy atom. The molecule has 0 radical (unpaired) electrons. The third-order valence-electron chi connectivity index (χ3n) is 4.77. The van der Waals surface area contributed by atoms with Crippen LogP contribution in [0.25, 0.3) is 0 Å². The highest BCUT2D eigenvalue weighted by Crippen LogP contribution is 2.28. The number of Topliss-reactive ketones (excluding diaryl/α,β-unsaturated/α-hetero) is 1. The second-order valence-electron chi connectivity index (χ2n) is 7.14. The molecule has 0 heterocycles. The van der Waals surface area contributed by atoms with Crippen LogP contribution in [0.15, 0.2) is 18.2 Å². The lowest BCUT2D eigenvalue weighted by molar-refractivity contribution is -0.156. The molecule has 1 aliphatic carbocycles. The smallest absolute Gasteiger partial charge is 0.344 e. The maximum atomic E-state index is 12.1. The summed E-state index contributed by atoms with van der Waals surface area (Å²) in [6.45, 7) is 2.32. The van der Waals surface area contributed by atoms with Crippen molar-refractivity contribution >= 4 is 23.7 Å². The Labute approximate surface area is 175 Å². The topological polar surface area (TPSA) is 120 Å². The second kappa shape index (κ2) is 11.2. The predicted octanol–water partition coefficient (Wildman–Crippen LogP) is 2.37. The number of urea groups is 1. The van der Waals surface area contributed by atoms with Gasteiger partial charge in [0.2, 0.25) is 0 Å². The van der Waals surface area contributed by atoms with Gasteiger partial charge in [0.15, 0.2) is 30.0 Å². The lowest BCUT2D eigenvalue weighted by Crippen LogP contribution is -2.48. The molecule has 1 saturated carbocycles. The van der Waals surface area contributed by atoms with E-state index in [1.807, 2.05) is 0 Å². The Bertz CT molecular complexity index is 788. The fourth-order valence-electron chi connectivity index (χ4n) is 3.11. The van der Waals surface area contributed by atoms with E-state index in [1.165, 1.54) is 33.1 Å². The summed E-state index contributed by atoms with van der Waals surface area (Å²) in [5, 5.41) is 4.94. The molecule has 0 aliphatic heterocycles. The zero-order valence-electron chi connectivity index (χ0n) is 17.5. The van der Waals surface area contributed by atoms with Crippen molar-refractivity contribution in [2.75, 3.05) is 13.7 Å². The number of hydrogen-bond acceptors (Lipinski definition) is 7. The minimum Gasteiger partial charge on any atom is -0.493 e. The van der Waals surface area contributed by atoms with Gasteiger partial charge in [0, 0.05) is 11.6 Å². The number of esters is 1. The van der Waals surface area contributed by atoms with Gasteiger partial charge < -0.3 is 19.5 Å². The number of benzene rings is 1. The number of amides is 3. The van der Waals surface area contributed by atoms with Gasteiger partial charge in [0.05, 0.1) is 7.11 Å². The molecule has 9 heteroatoms. The van der Waals surface area contributed by atoms with Crippen LogP contribution in [0.3, 0.4) is 0 Å². The molecule has 0 bridgehead atoms. The van der Waals surface area contributed by atoms with Crippen molar-refractivity contribution in [2.45, 2.75) is 58.1 Å². The minimum absolute atomic E-state index is 0.0576. The van der Waals surface area contributed by atoms with Crippen LogP contribution in [-0.4, -0.2) is 49.6 Å². The molecule has 1 aromatic carbocycles. The normalized spacial score (nSPS) is 14.9. The van der Waals surface area contributed by atoms with Gasteiger partial charge >= 0.3 is 12.0 Å². The molecule has 30 heavy (non-hydrogen) atoms. The number of carbonyl (C=O) groups excluding carboxylic acids is 4. The molecular weight excluding hydrogens is 392 g/mol. The second-order valence-corrected chi connectivity index (χ2v) is 7.14. The number of methoxy groups -OCH3 is 1. The molecule has 2 rings (SSSR count). The van der Waals surface area contributed by atoms with Gasteiger partial charge in [-0.1, -0.05) is 19.3 Å². The fourth-order valence-corrected chi connectivity index (χ4v) is 3.11. The summed E-state index contributed by atoms with van der Waals surface area (Å²) in [5.41, 5.74) is 0.443. The molecule has 1 fully saturated rings. The van der Waals surface area contributed by atoms with Crippen molar-refractivity contribution in [3.63, 3.8) is 0 Å². The predicted molar refractivity (Wildman–Crippen MR) is 108 cm³/mol. The monoisotopic (exact) mass is 420 g/mol.